The zero-order valence-corrected chi connectivity index (χ0v) is 45.3. The van der Waals surface area contributed by atoms with Crippen molar-refractivity contribution in [3.63, 3.8) is 0 Å². The average molecular weight is 1050 g/mol. The van der Waals surface area contributed by atoms with E-state index >= 15 is 0 Å². The molecule has 0 atom stereocenters. The van der Waals surface area contributed by atoms with Crippen molar-refractivity contribution in [1.82, 2.24) is 19.1 Å². The molecule has 0 saturated heterocycles. The predicted molar refractivity (Wildman–Crippen MR) is 342 cm³/mol. The van der Waals surface area contributed by atoms with Gasteiger partial charge in [-0.05, 0) is 96.6 Å². The van der Waals surface area contributed by atoms with Crippen LogP contribution >= 0.6 is 0 Å². The molecule has 12 aromatic carbocycles. The molecule has 0 N–H and O–H groups in total. The zero-order valence-electron chi connectivity index (χ0n) is 44.3. The number of hydrogen-bond donors (Lipinski definition) is 0. The number of benzene rings is 12. The molecule has 0 unspecified atom stereocenters. The maximum Gasteiger partial charge on any atom is 0.235 e. The molecule has 0 bridgehead atoms. The third-order valence-electron chi connectivity index (χ3n) is 16.3. The van der Waals surface area contributed by atoms with E-state index in [1.807, 2.05) is 0 Å². The fourth-order valence-corrected chi connectivity index (χ4v) is 17.4. The number of nitrogens with zero attached hydrogens (tertiary/aromatic N) is 4. The van der Waals surface area contributed by atoms with Crippen molar-refractivity contribution in [3.05, 3.63) is 315 Å². The molecule has 0 saturated carbocycles. The number of aromatic nitrogens is 4. The Kier molecular flexibility index (Phi) is 11.8. The first kappa shape index (κ1) is 47.7. The van der Waals surface area contributed by atoms with E-state index in [4.69, 9.17) is 9.97 Å². The van der Waals surface area contributed by atoms with Gasteiger partial charge >= 0.3 is 0 Å². The minimum Gasteiger partial charge on any atom is -0.309 e. The fourth-order valence-electron chi connectivity index (χ4n) is 12.6. The second-order valence-corrected chi connectivity index (χ2v) is 24.7. The third kappa shape index (κ3) is 8.30. The SMILES string of the molecule is c1ccc(-c2cccc([Si](c3cccc(-c4ccccc4)c3)(c3cccc(-c4ccccc4)c3)c3cccc(-c4cc(-c5cccc(-n6c7ccccc7c7ccccc76)c5)nc(-n5c6ccccc6c6ccccc65)n4)c3)c2)cc1. The summed E-state index contributed by atoms with van der Waals surface area (Å²) in [5.74, 6) is 0.609. The molecule has 81 heavy (non-hydrogen) atoms. The van der Waals surface area contributed by atoms with Crippen molar-refractivity contribution in [3.8, 4) is 67.5 Å². The second-order valence-electron chi connectivity index (χ2n) is 20.9. The van der Waals surface area contributed by atoms with Gasteiger partial charge in [0, 0.05) is 38.4 Å². The molecule has 15 aromatic rings. The Balaban J connectivity index is 1.000. The van der Waals surface area contributed by atoms with E-state index in [1.165, 1.54) is 64.9 Å². The van der Waals surface area contributed by atoms with E-state index in [9.17, 15) is 0 Å². The van der Waals surface area contributed by atoms with Gasteiger partial charge in [-0.15, -0.1) is 0 Å². The molecule has 0 radical (unpaired) electrons. The van der Waals surface area contributed by atoms with Crippen molar-refractivity contribution in [2.45, 2.75) is 0 Å². The van der Waals surface area contributed by atoms with Crippen LogP contribution in [-0.4, -0.2) is 27.2 Å². The van der Waals surface area contributed by atoms with Crippen LogP contribution in [0.5, 0.6) is 0 Å². The number of rotatable bonds is 11. The maximum absolute atomic E-state index is 5.69. The summed E-state index contributed by atoms with van der Waals surface area (Å²) >= 11 is 0. The lowest BCUT2D eigenvalue weighted by Crippen LogP contribution is -2.74. The molecule has 3 aromatic heterocycles. The van der Waals surface area contributed by atoms with Gasteiger partial charge in [0.2, 0.25) is 5.95 Å². The molecule has 0 aliphatic rings. The number of hydrogen-bond acceptors (Lipinski definition) is 2. The fraction of sp³-hybridized carbons (Fsp3) is 0. The summed E-state index contributed by atoms with van der Waals surface area (Å²) in [6.07, 6.45) is 0. The molecule has 5 heteroatoms. The summed E-state index contributed by atoms with van der Waals surface area (Å²) in [6.45, 7) is 0. The van der Waals surface area contributed by atoms with E-state index in [1.54, 1.807) is 0 Å². The van der Waals surface area contributed by atoms with Gasteiger partial charge in [-0.1, -0.05) is 273 Å². The first-order chi connectivity index (χ1) is 40.2. The summed E-state index contributed by atoms with van der Waals surface area (Å²) < 4.78 is 4.63. The maximum atomic E-state index is 5.69. The normalized spacial score (nSPS) is 11.7. The molecule has 0 fully saturated rings. The minimum absolute atomic E-state index is 0.609. The van der Waals surface area contributed by atoms with Crippen LogP contribution in [0.25, 0.3) is 111 Å². The molecule has 0 aliphatic carbocycles. The highest BCUT2D eigenvalue weighted by molar-refractivity contribution is 7.20. The first-order valence-corrected chi connectivity index (χ1v) is 29.7. The molecular weight excluding hydrogens is 997 g/mol. The van der Waals surface area contributed by atoms with Gasteiger partial charge in [-0.3, -0.25) is 4.57 Å². The standard InChI is InChI=1S/C76H52N4Si/c1-4-23-53(24-5-1)56-29-19-35-62(48-56)81(63-36-20-30-57(49-63)54-25-6-2-7-26-54,64-37-21-31-58(50-64)55-27-8-3-9-28-55)65-38-22-33-60(51-65)71-52-70(77-76(78-71)80-74-45-16-12-41-68(74)69-42-13-17-46-75(69)80)59-32-18-34-61(47-59)79-72-43-14-10-39-66(72)67-40-11-15-44-73(67)79/h1-52H. The topological polar surface area (TPSA) is 35.6 Å². The molecule has 0 amide bonds. The summed E-state index contributed by atoms with van der Waals surface area (Å²) in [6, 6.07) is 115. The Labute approximate surface area is 471 Å². The Morgan fingerprint density at radius 1 is 0.222 bits per heavy atom. The first-order valence-electron chi connectivity index (χ1n) is 27.7. The molecule has 0 aliphatic heterocycles. The van der Waals surface area contributed by atoms with E-state index in [-0.39, 0.29) is 0 Å². The Morgan fingerprint density at radius 3 is 0.914 bits per heavy atom. The van der Waals surface area contributed by atoms with Crippen LogP contribution in [0.4, 0.5) is 0 Å². The predicted octanol–water partition coefficient (Wildman–Crippen LogP) is 16.4. The summed E-state index contributed by atoms with van der Waals surface area (Å²) in [4.78, 5) is 11.3. The monoisotopic (exact) mass is 1050 g/mol. The summed E-state index contributed by atoms with van der Waals surface area (Å²) in [5, 5.41) is 9.86. The van der Waals surface area contributed by atoms with Gasteiger partial charge in [-0.2, -0.15) is 0 Å². The number of fused-ring (bicyclic) bond motifs is 6. The minimum atomic E-state index is -3.31. The molecule has 3 heterocycles. The van der Waals surface area contributed by atoms with Gasteiger partial charge in [0.1, 0.15) is 0 Å². The molecule has 380 valence electrons. The van der Waals surface area contributed by atoms with Crippen molar-refractivity contribution >= 4 is 72.4 Å². The van der Waals surface area contributed by atoms with E-state index in [2.05, 4.69) is 325 Å². The van der Waals surface area contributed by atoms with Crippen molar-refractivity contribution < 1.29 is 0 Å². The largest absolute Gasteiger partial charge is 0.309 e. The lowest BCUT2D eigenvalue weighted by molar-refractivity contribution is 0.995. The highest BCUT2D eigenvalue weighted by atomic mass is 28.3. The smallest absolute Gasteiger partial charge is 0.235 e. The van der Waals surface area contributed by atoms with Crippen molar-refractivity contribution in [2.75, 3.05) is 0 Å². The Hall–Kier alpha value is -10.5. The van der Waals surface area contributed by atoms with Gasteiger partial charge in [0.15, 0.2) is 8.07 Å². The van der Waals surface area contributed by atoms with Crippen LogP contribution in [0, 0.1) is 0 Å². The van der Waals surface area contributed by atoms with E-state index < -0.39 is 8.07 Å². The van der Waals surface area contributed by atoms with Crippen LogP contribution in [-0.2, 0) is 0 Å². The Morgan fingerprint density at radius 2 is 0.519 bits per heavy atom. The van der Waals surface area contributed by atoms with E-state index in [0.29, 0.717) is 5.95 Å². The van der Waals surface area contributed by atoms with Gasteiger partial charge in [0.25, 0.3) is 0 Å². The van der Waals surface area contributed by atoms with Crippen molar-refractivity contribution in [2.24, 2.45) is 0 Å². The van der Waals surface area contributed by atoms with Crippen molar-refractivity contribution in [1.29, 1.82) is 0 Å². The molecule has 15 rings (SSSR count). The summed E-state index contributed by atoms with van der Waals surface area (Å²) in [5.41, 5.74) is 16.2. The van der Waals surface area contributed by atoms with Crippen LogP contribution in [0.2, 0.25) is 0 Å². The highest BCUT2D eigenvalue weighted by Gasteiger charge is 2.42. The average Bonchev–Trinajstić information content (AvgIpc) is 4.22. The lowest BCUT2D eigenvalue weighted by atomic mass is 10.1. The summed E-state index contributed by atoms with van der Waals surface area (Å²) in [7, 11) is -3.31. The van der Waals surface area contributed by atoms with E-state index in [0.717, 1.165) is 61.0 Å². The van der Waals surface area contributed by atoms with Crippen LogP contribution in [0.1, 0.15) is 0 Å². The van der Waals surface area contributed by atoms with Crippen LogP contribution < -0.4 is 20.7 Å². The van der Waals surface area contributed by atoms with Crippen LogP contribution in [0.15, 0.2) is 315 Å². The number of para-hydroxylation sites is 4. The van der Waals surface area contributed by atoms with Gasteiger partial charge in [-0.25, -0.2) is 9.97 Å². The molecular formula is C76H52N4Si. The van der Waals surface area contributed by atoms with Gasteiger partial charge in [0.05, 0.1) is 33.5 Å². The zero-order chi connectivity index (χ0) is 53.7. The second kappa shape index (κ2) is 20.1. The lowest BCUT2D eigenvalue weighted by Gasteiger charge is -2.35. The van der Waals surface area contributed by atoms with Crippen LogP contribution in [0.3, 0.4) is 0 Å². The quantitative estimate of drug-likeness (QED) is 0.0956. The molecule has 0 spiro atoms. The van der Waals surface area contributed by atoms with Gasteiger partial charge < -0.3 is 4.57 Å². The molecule has 4 nitrogen and oxygen atoms in total. The third-order valence-corrected chi connectivity index (χ3v) is 21.0. The highest BCUT2D eigenvalue weighted by Crippen LogP contribution is 2.36. The Bertz CT molecular complexity index is 4520.